The molecule has 0 aliphatic heterocycles. The number of phenols is 1. The number of phenolic OH excluding ortho intramolecular Hbond substituents is 1. The molecule has 0 radical (unpaired) electrons. The molecule has 3 rings (SSSR count). The molecule has 0 spiro atoms. The number of anilines is 1. The van der Waals surface area contributed by atoms with Gasteiger partial charge in [0.2, 0.25) is 0 Å². The molecule has 132 valence electrons. The number of aromatic hydroxyl groups is 1. The van der Waals surface area contributed by atoms with Gasteiger partial charge in [0.05, 0.1) is 10.2 Å². The molecule has 1 aromatic heterocycles. The van der Waals surface area contributed by atoms with E-state index in [1.807, 2.05) is 24.3 Å². The normalized spacial score (nSPS) is 10.9. The first-order chi connectivity index (χ1) is 11.7. The predicted molar refractivity (Wildman–Crippen MR) is 97.6 cm³/mol. The Bertz CT molecular complexity index is 923. The summed E-state index contributed by atoms with van der Waals surface area (Å²) in [7, 11) is 0. The van der Waals surface area contributed by atoms with Gasteiger partial charge in [0.1, 0.15) is 0 Å². The molecule has 3 aromatic rings. The van der Waals surface area contributed by atoms with E-state index in [4.69, 9.17) is 19.8 Å². The van der Waals surface area contributed by atoms with E-state index >= 15 is 0 Å². The molecule has 7 nitrogen and oxygen atoms in total. The Labute approximate surface area is 154 Å². The second kappa shape index (κ2) is 8.03. The molecule has 25 heavy (non-hydrogen) atoms. The molecular weight excluding hydrogens is 431 g/mol. The summed E-state index contributed by atoms with van der Waals surface area (Å²) in [6.45, 7) is 1.21. The van der Waals surface area contributed by atoms with E-state index in [-0.39, 0.29) is 5.69 Å². The van der Waals surface area contributed by atoms with E-state index in [0.29, 0.717) is 4.47 Å². The number of hydrogen-bond donors (Lipinski definition) is 4. The summed E-state index contributed by atoms with van der Waals surface area (Å²) in [5.74, 6) is -0.987. The van der Waals surface area contributed by atoms with Crippen LogP contribution in [0.2, 0.25) is 4.47 Å². The summed E-state index contributed by atoms with van der Waals surface area (Å²) in [6, 6.07) is 11.8. The minimum atomic E-state index is -5.25. The number of thiazole rings is 1. The zero-order valence-corrected chi connectivity index (χ0v) is 16.3. The van der Waals surface area contributed by atoms with Crippen molar-refractivity contribution >= 4 is 63.3 Å². The van der Waals surface area contributed by atoms with Crippen molar-refractivity contribution in [3.8, 4) is 5.75 Å². The van der Waals surface area contributed by atoms with Crippen LogP contribution in [0.25, 0.3) is 10.2 Å². The zero-order valence-electron chi connectivity index (χ0n) is 12.9. The maximum absolute atomic E-state index is 11.1. The molecule has 1 amide bonds. The number of halogens is 1. The third-order valence-electron chi connectivity index (χ3n) is 2.88. The number of rotatable bonds is 2. The molecule has 0 atom stereocenters. The first-order valence-electron chi connectivity index (χ1n) is 6.85. The average molecular weight is 445 g/mol. The average Bonchev–Trinajstić information content (AvgIpc) is 2.86. The Morgan fingerprint density at radius 1 is 1.20 bits per heavy atom. The van der Waals surface area contributed by atoms with Gasteiger partial charge in [0.25, 0.3) is 0 Å². The van der Waals surface area contributed by atoms with Crippen molar-refractivity contribution in [3.63, 3.8) is 0 Å². The van der Waals surface area contributed by atoms with Gasteiger partial charge in [-0.25, -0.2) is 4.98 Å². The van der Waals surface area contributed by atoms with Crippen molar-refractivity contribution in [1.82, 2.24) is 4.98 Å². The van der Waals surface area contributed by atoms with E-state index in [1.165, 1.54) is 30.4 Å². The van der Waals surface area contributed by atoms with Crippen LogP contribution in [0.3, 0.4) is 0 Å². The maximum Gasteiger partial charge on any atom is 0.184 e. The van der Waals surface area contributed by atoms with E-state index in [0.717, 1.165) is 16.3 Å². The number of carbonyl (C=O) groups excluding carboxylic acids is 1. The number of carbonyl (C=O) groups is 1. The predicted octanol–water partition coefficient (Wildman–Crippen LogP) is 1.86. The van der Waals surface area contributed by atoms with Crippen LogP contribution in [-0.4, -0.2) is 38.4 Å². The number of benzene rings is 2. The van der Waals surface area contributed by atoms with Crippen molar-refractivity contribution in [3.05, 3.63) is 46.9 Å². The van der Waals surface area contributed by atoms with Crippen LogP contribution < -0.4 is 9.67 Å². The van der Waals surface area contributed by atoms with E-state index in [9.17, 15) is 13.6 Å². The van der Waals surface area contributed by atoms with Gasteiger partial charge in [-0.3, -0.25) is 0 Å². The van der Waals surface area contributed by atoms with Gasteiger partial charge in [-0.05, 0) is 12.1 Å². The molecule has 2 aromatic carbocycles. The molecule has 0 aliphatic carbocycles. The molecule has 1 heterocycles. The Balaban J connectivity index is 0.000000194. The Hall–Kier alpha value is -1.83. The van der Waals surface area contributed by atoms with Crippen LogP contribution >= 0.6 is 22.9 Å². The summed E-state index contributed by atoms with van der Waals surface area (Å²) in [5, 5.41) is 11.6. The van der Waals surface area contributed by atoms with Crippen LogP contribution in [0.15, 0.2) is 42.5 Å². The minimum absolute atomic E-state index is 0.0602. The van der Waals surface area contributed by atoms with Crippen molar-refractivity contribution in [2.24, 2.45) is 0 Å². The van der Waals surface area contributed by atoms with Gasteiger partial charge >= 0.3 is 88.1 Å². The summed E-state index contributed by atoms with van der Waals surface area (Å²) in [4.78, 5) is 14.9. The fraction of sp³-hybridized carbons (Fsp3) is 0.0667. The number of para-hydroxylation sites is 1. The molecule has 0 saturated heterocycles. The largest absolute Gasteiger partial charge is 0.225 e. The Morgan fingerprint density at radius 2 is 1.88 bits per heavy atom. The van der Waals surface area contributed by atoms with Gasteiger partial charge < -0.3 is 0 Å². The van der Waals surface area contributed by atoms with Crippen molar-refractivity contribution in [2.45, 2.75) is 6.92 Å². The molecule has 0 saturated carbocycles. The second-order valence-corrected chi connectivity index (χ2v) is 9.67. The van der Waals surface area contributed by atoms with E-state index < -0.39 is 30.2 Å². The Kier molecular flexibility index (Phi) is 6.26. The molecular formula is C15H14AsClN2O5S. The number of nitrogens with one attached hydrogen (secondary N) is 1. The quantitative estimate of drug-likeness (QED) is 0.448. The van der Waals surface area contributed by atoms with E-state index in [2.05, 4.69) is 10.3 Å². The fourth-order valence-electron chi connectivity index (χ4n) is 1.97. The molecule has 0 bridgehead atoms. The van der Waals surface area contributed by atoms with Gasteiger partial charge in [-0.1, -0.05) is 23.7 Å². The first kappa shape index (κ1) is 19.5. The smallest absolute Gasteiger partial charge is 0.184 e. The number of hydrogen-bond acceptors (Lipinski definition) is 5. The standard InChI is InChI=1S/C8H10AsNO5.C7H4ClNS/c1-5(11)10-6-3-2-4-7(12)8(6)9(13,14)15;8-7-9-5-3-1-2-4-6(5)10-7/h2-4,12H,1H3,(H,10,11)(H2,13,14,15);1-4H. The van der Waals surface area contributed by atoms with Crippen LogP contribution in [0.1, 0.15) is 6.92 Å². The molecule has 4 N–H and O–H groups in total. The first-order valence-corrected chi connectivity index (χ1v) is 11.4. The third-order valence-corrected chi connectivity index (χ3v) is 6.23. The van der Waals surface area contributed by atoms with Crippen molar-refractivity contribution in [1.29, 1.82) is 0 Å². The van der Waals surface area contributed by atoms with Crippen LogP contribution in [0.4, 0.5) is 5.69 Å². The molecule has 0 unspecified atom stereocenters. The summed E-state index contributed by atoms with van der Waals surface area (Å²) in [5.41, 5.74) is 0.924. The van der Waals surface area contributed by atoms with Gasteiger partial charge in [0.15, 0.2) is 4.47 Å². The number of fused-ring (bicyclic) bond motifs is 1. The van der Waals surface area contributed by atoms with Crippen LogP contribution in [0, 0.1) is 0 Å². The van der Waals surface area contributed by atoms with Crippen molar-refractivity contribution < 1.29 is 21.8 Å². The fourth-order valence-corrected chi connectivity index (χ4v) is 4.72. The summed E-state index contributed by atoms with van der Waals surface area (Å²) < 4.78 is 30.4. The number of aromatic nitrogens is 1. The minimum Gasteiger partial charge on any atom is -0.225 e. The second-order valence-electron chi connectivity index (χ2n) is 4.83. The SMILES string of the molecule is CC(=O)Nc1cccc(O)c1[As](=O)(O)O.Clc1nc2ccccc2s1. The number of nitrogens with zero attached hydrogens (tertiary/aromatic N) is 1. The molecule has 0 aliphatic rings. The monoisotopic (exact) mass is 444 g/mol. The van der Waals surface area contributed by atoms with Crippen molar-refractivity contribution in [2.75, 3.05) is 5.32 Å². The third kappa shape index (κ3) is 5.32. The zero-order chi connectivity index (χ0) is 18.6. The summed E-state index contributed by atoms with van der Waals surface area (Å²) >= 11 is 1.95. The molecule has 10 heteroatoms. The van der Waals surface area contributed by atoms with Gasteiger partial charge in [-0.15, -0.1) is 11.3 Å². The number of amides is 1. The van der Waals surface area contributed by atoms with Gasteiger partial charge in [0, 0.05) is 0 Å². The topological polar surface area (TPSA) is 120 Å². The van der Waals surface area contributed by atoms with Gasteiger partial charge in [-0.2, -0.15) is 0 Å². The van der Waals surface area contributed by atoms with Crippen LogP contribution in [-0.2, 0) is 8.53 Å². The van der Waals surface area contributed by atoms with Crippen LogP contribution in [0.5, 0.6) is 5.75 Å². The summed E-state index contributed by atoms with van der Waals surface area (Å²) in [6.07, 6.45) is 0. The van der Waals surface area contributed by atoms with E-state index in [1.54, 1.807) is 0 Å². The Morgan fingerprint density at radius 3 is 2.48 bits per heavy atom. The maximum atomic E-state index is 11.1. The molecule has 0 fully saturated rings.